The zero-order chi connectivity index (χ0) is 12.3. The Labute approximate surface area is 99.2 Å². The van der Waals surface area contributed by atoms with E-state index in [2.05, 4.69) is 15.3 Å². The highest BCUT2D eigenvalue weighted by molar-refractivity contribution is 5.40. The van der Waals surface area contributed by atoms with E-state index in [-0.39, 0.29) is 5.69 Å². The second-order valence-corrected chi connectivity index (χ2v) is 3.56. The molecule has 0 spiro atoms. The predicted molar refractivity (Wildman–Crippen MR) is 66.6 cm³/mol. The molecule has 0 atom stereocenters. The summed E-state index contributed by atoms with van der Waals surface area (Å²) >= 11 is 0. The topological polar surface area (TPSA) is 59.8 Å². The van der Waals surface area contributed by atoms with E-state index >= 15 is 0 Å². The molecule has 1 aromatic heterocycles. The van der Waals surface area contributed by atoms with Crippen molar-refractivity contribution in [2.24, 2.45) is 0 Å². The second kappa shape index (κ2) is 4.78. The van der Waals surface area contributed by atoms with E-state index in [0.29, 0.717) is 5.95 Å². The van der Waals surface area contributed by atoms with E-state index in [1.165, 1.54) is 10.9 Å². The molecule has 1 heterocycles. The van der Waals surface area contributed by atoms with Crippen LogP contribution in [0, 0.1) is 0 Å². The normalized spacial score (nSPS) is 10.2. The van der Waals surface area contributed by atoms with Crippen molar-refractivity contribution in [1.29, 1.82) is 0 Å². The molecule has 1 N–H and O–H groups in total. The van der Waals surface area contributed by atoms with Crippen molar-refractivity contribution in [2.75, 3.05) is 12.4 Å². The van der Waals surface area contributed by atoms with Crippen LogP contribution in [0.25, 0.3) is 5.69 Å². The number of rotatable bonds is 3. The SMILES string of the molecule is CCc1ccccc1-n1cnc(NC)nc1=O. The van der Waals surface area contributed by atoms with Crippen LogP contribution >= 0.6 is 0 Å². The molecule has 0 unspecified atom stereocenters. The lowest BCUT2D eigenvalue weighted by atomic mass is 10.1. The monoisotopic (exact) mass is 230 g/mol. The Bertz CT molecular complexity index is 577. The summed E-state index contributed by atoms with van der Waals surface area (Å²) in [6.45, 7) is 2.05. The van der Waals surface area contributed by atoms with Gasteiger partial charge in [-0.2, -0.15) is 4.98 Å². The van der Waals surface area contributed by atoms with Crippen molar-refractivity contribution in [3.8, 4) is 5.69 Å². The summed E-state index contributed by atoms with van der Waals surface area (Å²) in [5, 5.41) is 2.74. The van der Waals surface area contributed by atoms with Crippen molar-refractivity contribution in [3.63, 3.8) is 0 Å². The average molecular weight is 230 g/mol. The highest BCUT2D eigenvalue weighted by Gasteiger charge is 2.06. The van der Waals surface area contributed by atoms with E-state index in [0.717, 1.165) is 17.7 Å². The number of nitrogens with one attached hydrogen (secondary N) is 1. The molecule has 2 aromatic rings. The van der Waals surface area contributed by atoms with Gasteiger partial charge in [-0.05, 0) is 18.1 Å². The summed E-state index contributed by atoms with van der Waals surface area (Å²) in [6.07, 6.45) is 2.35. The van der Waals surface area contributed by atoms with Gasteiger partial charge in [0.2, 0.25) is 5.95 Å². The van der Waals surface area contributed by atoms with E-state index in [1.807, 2.05) is 31.2 Å². The lowest BCUT2D eigenvalue weighted by Crippen LogP contribution is -2.23. The van der Waals surface area contributed by atoms with Gasteiger partial charge in [0.1, 0.15) is 6.33 Å². The molecular formula is C12H14N4O. The second-order valence-electron chi connectivity index (χ2n) is 3.56. The molecule has 1 aromatic carbocycles. The van der Waals surface area contributed by atoms with Gasteiger partial charge in [0.25, 0.3) is 0 Å². The molecule has 0 bridgehead atoms. The third-order valence-electron chi connectivity index (χ3n) is 2.56. The maximum Gasteiger partial charge on any atom is 0.356 e. The first kappa shape index (κ1) is 11.3. The molecule has 2 rings (SSSR count). The Kier molecular flexibility index (Phi) is 3.18. The standard InChI is InChI=1S/C12H14N4O/c1-3-9-6-4-5-7-10(9)16-8-14-11(13-2)15-12(16)17/h4-8H,3H2,1-2H3,(H,13,15,17). The van der Waals surface area contributed by atoms with Crippen LogP contribution in [0.5, 0.6) is 0 Å². The lowest BCUT2D eigenvalue weighted by molar-refractivity contribution is 0.850. The number of hydrogen-bond acceptors (Lipinski definition) is 4. The summed E-state index contributed by atoms with van der Waals surface area (Å²) in [4.78, 5) is 19.7. The minimum Gasteiger partial charge on any atom is -0.357 e. The van der Waals surface area contributed by atoms with Crippen LogP contribution in [-0.4, -0.2) is 21.6 Å². The summed E-state index contributed by atoms with van der Waals surface area (Å²) in [6, 6.07) is 7.74. The molecule has 0 saturated heterocycles. The van der Waals surface area contributed by atoms with E-state index in [4.69, 9.17) is 0 Å². The summed E-state index contributed by atoms with van der Waals surface area (Å²) in [7, 11) is 1.68. The molecule has 0 fully saturated rings. The fourth-order valence-electron chi connectivity index (χ4n) is 1.67. The molecule has 0 aliphatic rings. The largest absolute Gasteiger partial charge is 0.357 e. The quantitative estimate of drug-likeness (QED) is 0.861. The molecule has 0 aliphatic carbocycles. The predicted octanol–water partition coefficient (Wildman–Crippen LogP) is 1.23. The third-order valence-corrected chi connectivity index (χ3v) is 2.56. The van der Waals surface area contributed by atoms with Gasteiger partial charge < -0.3 is 5.32 Å². The smallest absolute Gasteiger partial charge is 0.356 e. The number of aromatic nitrogens is 3. The summed E-state index contributed by atoms with van der Waals surface area (Å²) in [5.74, 6) is 0.334. The lowest BCUT2D eigenvalue weighted by Gasteiger charge is -2.09. The number of hydrogen-bond donors (Lipinski definition) is 1. The van der Waals surface area contributed by atoms with Crippen LogP contribution in [-0.2, 0) is 6.42 Å². The molecule has 0 aliphatic heterocycles. The molecular weight excluding hydrogens is 216 g/mol. The minimum absolute atomic E-state index is 0.328. The van der Waals surface area contributed by atoms with Gasteiger partial charge in [-0.3, -0.25) is 4.57 Å². The molecule has 0 saturated carbocycles. The summed E-state index contributed by atoms with van der Waals surface area (Å²) in [5.41, 5.74) is 1.60. The van der Waals surface area contributed by atoms with Crippen LogP contribution < -0.4 is 11.0 Å². The zero-order valence-electron chi connectivity index (χ0n) is 9.84. The molecule has 5 heteroatoms. The minimum atomic E-state index is -0.328. The van der Waals surface area contributed by atoms with E-state index in [1.54, 1.807) is 7.05 Å². The Balaban J connectivity index is 2.57. The fraction of sp³-hybridized carbons (Fsp3) is 0.250. The van der Waals surface area contributed by atoms with Crippen molar-refractivity contribution < 1.29 is 0 Å². The van der Waals surface area contributed by atoms with Gasteiger partial charge in [0.15, 0.2) is 0 Å². The Morgan fingerprint density at radius 2 is 2.12 bits per heavy atom. The van der Waals surface area contributed by atoms with E-state index < -0.39 is 0 Å². The number of aryl methyl sites for hydroxylation is 1. The van der Waals surface area contributed by atoms with Gasteiger partial charge >= 0.3 is 5.69 Å². The van der Waals surface area contributed by atoms with Gasteiger partial charge in [-0.1, -0.05) is 25.1 Å². The van der Waals surface area contributed by atoms with Gasteiger partial charge in [-0.25, -0.2) is 9.78 Å². The zero-order valence-corrected chi connectivity index (χ0v) is 9.84. The van der Waals surface area contributed by atoms with Crippen molar-refractivity contribution >= 4 is 5.95 Å². The Morgan fingerprint density at radius 3 is 2.76 bits per heavy atom. The first-order valence-corrected chi connectivity index (χ1v) is 5.48. The van der Waals surface area contributed by atoms with Crippen molar-refractivity contribution in [2.45, 2.75) is 13.3 Å². The average Bonchev–Trinajstić information content (AvgIpc) is 2.38. The van der Waals surface area contributed by atoms with Crippen molar-refractivity contribution in [3.05, 3.63) is 46.6 Å². The fourth-order valence-corrected chi connectivity index (χ4v) is 1.67. The maximum absolute atomic E-state index is 11.8. The van der Waals surface area contributed by atoms with Gasteiger partial charge in [0.05, 0.1) is 5.69 Å². The first-order valence-electron chi connectivity index (χ1n) is 5.48. The number of nitrogens with zero attached hydrogens (tertiary/aromatic N) is 3. The molecule has 88 valence electrons. The highest BCUT2D eigenvalue weighted by atomic mass is 16.1. The molecule has 5 nitrogen and oxygen atoms in total. The van der Waals surface area contributed by atoms with E-state index in [9.17, 15) is 4.79 Å². The van der Waals surface area contributed by atoms with Crippen LogP contribution in [0.2, 0.25) is 0 Å². The third kappa shape index (κ3) is 2.18. The van der Waals surface area contributed by atoms with Crippen LogP contribution in [0.15, 0.2) is 35.4 Å². The summed E-state index contributed by atoms with van der Waals surface area (Å²) < 4.78 is 1.46. The maximum atomic E-state index is 11.8. The number of anilines is 1. The highest BCUT2D eigenvalue weighted by Crippen LogP contribution is 2.12. The molecule has 17 heavy (non-hydrogen) atoms. The van der Waals surface area contributed by atoms with Crippen molar-refractivity contribution in [1.82, 2.24) is 14.5 Å². The van der Waals surface area contributed by atoms with Crippen LogP contribution in [0.3, 0.4) is 0 Å². The number of para-hydroxylation sites is 1. The van der Waals surface area contributed by atoms with Gasteiger partial charge in [-0.15, -0.1) is 0 Å². The van der Waals surface area contributed by atoms with Crippen LogP contribution in [0.4, 0.5) is 5.95 Å². The first-order chi connectivity index (χ1) is 8.26. The van der Waals surface area contributed by atoms with Crippen LogP contribution in [0.1, 0.15) is 12.5 Å². The number of benzene rings is 1. The van der Waals surface area contributed by atoms with Gasteiger partial charge in [0, 0.05) is 7.05 Å². The molecule has 0 radical (unpaired) electrons. The molecule has 0 amide bonds. The Morgan fingerprint density at radius 1 is 1.35 bits per heavy atom. The Hall–Kier alpha value is -2.17.